The van der Waals surface area contributed by atoms with Crippen molar-refractivity contribution in [3.05, 3.63) is 64.7 Å². The van der Waals surface area contributed by atoms with Gasteiger partial charge in [0.1, 0.15) is 5.82 Å². The van der Waals surface area contributed by atoms with E-state index < -0.39 is 0 Å². The van der Waals surface area contributed by atoms with Gasteiger partial charge in [-0.25, -0.2) is 4.39 Å². The summed E-state index contributed by atoms with van der Waals surface area (Å²) in [6, 6.07) is 13.0. The van der Waals surface area contributed by atoms with E-state index in [4.69, 9.17) is 10.2 Å². The van der Waals surface area contributed by atoms with Crippen LogP contribution < -0.4 is 0 Å². The van der Waals surface area contributed by atoms with Crippen LogP contribution in [0, 0.1) is 17.1 Å². The first-order chi connectivity index (χ1) is 12.6. The minimum absolute atomic E-state index is 0.272. The van der Waals surface area contributed by atoms with Crippen LogP contribution in [0.2, 0.25) is 0 Å². The van der Waals surface area contributed by atoms with Crippen LogP contribution >= 0.6 is 0 Å². The van der Waals surface area contributed by atoms with Gasteiger partial charge in [0.15, 0.2) is 0 Å². The fraction of sp³-hybridized carbons (Fsp3) is 0.478. The van der Waals surface area contributed by atoms with Gasteiger partial charge in [-0.3, -0.25) is 4.98 Å². The summed E-state index contributed by atoms with van der Waals surface area (Å²) in [7, 11) is 0. The fourth-order valence-electron chi connectivity index (χ4n) is 3.45. The van der Waals surface area contributed by atoms with E-state index in [-0.39, 0.29) is 11.7 Å². The highest BCUT2D eigenvalue weighted by Gasteiger charge is 2.15. The van der Waals surface area contributed by atoms with Gasteiger partial charge in [0, 0.05) is 17.3 Å². The number of aromatic nitrogens is 1. The Labute approximate surface area is 157 Å². The zero-order valence-electron chi connectivity index (χ0n) is 16.1. The van der Waals surface area contributed by atoms with Gasteiger partial charge in [0.25, 0.3) is 0 Å². The molecule has 0 aliphatic carbocycles. The molecule has 0 N–H and O–H groups in total. The number of nitrogens with zero attached hydrogens (tertiary/aromatic N) is 2. The zero-order valence-corrected chi connectivity index (χ0v) is 16.1. The van der Waals surface area contributed by atoms with E-state index in [9.17, 15) is 4.39 Å². The Balaban J connectivity index is 2.06. The van der Waals surface area contributed by atoms with Crippen molar-refractivity contribution >= 4 is 0 Å². The van der Waals surface area contributed by atoms with E-state index in [0.717, 1.165) is 12.1 Å². The number of nitriles is 1. The van der Waals surface area contributed by atoms with Gasteiger partial charge in [-0.05, 0) is 61.4 Å². The van der Waals surface area contributed by atoms with Crippen LogP contribution in [-0.4, -0.2) is 4.98 Å². The first-order valence-corrected chi connectivity index (χ1v) is 9.74. The average Bonchev–Trinajstić information content (AvgIpc) is 2.66. The van der Waals surface area contributed by atoms with E-state index in [2.05, 4.69) is 39.0 Å². The van der Waals surface area contributed by atoms with E-state index in [1.54, 1.807) is 12.1 Å². The number of aryl methyl sites for hydroxylation is 1. The molecular weight excluding hydrogens is 323 g/mol. The molecule has 3 heteroatoms. The summed E-state index contributed by atoms with van der Waals surface area (Å²) in [5, 5.41) is 8.84. The maximum atomic E-state index is 14.1. The Bertz CT molecular complexity index is 742. The molecule has 1 aromatic carbocycles. The van der Waals surface area contributed by atoms with E-state index in [1.807, 2.05) is 6.07 Å². The zero-order chi connectivity index (χ0) is 18.9. The van der Waals surface area contributed by atoms with E-state index >= 15 is 0 Å². The molecule has 0 amide bonds. The fourth-order valence-corrected chi connectivity index (χ4v) is 3.45. The largest absolute Gasteiger partial charge is 0.257 e. The molecule has 2 rings (SSSR count). The van der Waals surface area contributed by atoms with Crippen molar-refractivity contribution in [2.24, 2.45) is 0 Å². The van der Waals surface area contributed by atoms with Crippen molar-refractivity contribution in [3.8, 4) is 6.07 Å². The van der Waals surface area contributed by atoms with Gasteiger partial charge in [0.2, 0.25) is 0 Å². The molecule has 0 bridgehead atoms. The minimum atomic E-state index is -0.288. The van der Waals surface area contributed by atoms with Gasteiger partial charge < -0.3 is 0 Å². The normalized spacial score (nSPS) is 12.2. The van der Waals surface area contributed by atoms with Crippen molar-refractivity contribution < 1.29 is 4.39 Å². The highest BCUT2D eigenvalue weighted by Crippen LogP contribution is 2.27. The Morgan fingerprint density at radius 3 is 2.35 bits per heavy atom. The lowest BCUT2D eigenvalue weighted by atomic mass is 9.92. The van der Waals surface area contributed by atoms with Crippen molar-refractivity contribution in [1.29, 1.82) is 5.26 Å². The molecule has 1 unspecified atom stereocenters. The molecule has 1 heterocycles. The third-order valence-electron chi connectivity index (χ3n) is 5.02. The lowest BCUT2D eigenvalue weighted by Gasteiger charge is -2.18. The third-order valence-corrected chi connectivity index (χ3v) is 5.02. The smallest absolute Gasteiger partial charge is 0.127 e. The monoisotopic (exact) mass is 352 g/mol. The Hall–Kier alpha value is -2.21. The number of benzene rings is 1. The Morgan fingerprint density at radius 1 is 1.04 bits per heavy atom. The number of pyridine rings is 1. The molecule has 2 aromatic rings. The number of rotatable bonds is 9. The van der Waals surface area contributed by atoms with Gasteiger partial charge in [-0.1, -0.05) is 45.7 Å². The quantitative estimate of drug-likeness (QED) is 0.515. The van der Waals surface area contributed by atoms with Gasteiger partial charge in [0.05, 0.1) is 11.6 Å². The molecule has 26 heavy (non-hydrogen) atoms. The van der Waals surface area contributed by atoms with Crippen molar-refractivity contribution in [1.82, 2.24) is 4.98 Å². The van der Waals surface area contributed by atoms with Gasteiger partial charge in [-0.2, -0.15) is 5.26 Å². The van der Waals surface area contributed by atoms with Crippen molar-refractivity contribution in [3.63, 3.8) is 0 Å². The summed E-state index contributed by atoms with van der Waals surface area (Å²) in [6.07, 6.45) is 6.18. The lowest BCUT2D eigenvalue weighted by Crippen LogP contribution is -2.06. The van der Waals surface area contributed by atoms with Crippen LogP contribution in [0.25, 0.3) is 0 Å². The van der Waals surface area contributed by atoms with Crippen molar-refractivity contribution in [2.75, 3.05) is 0 Å². The summed E-state index contributed by atoms with van der Waals surface area (Å²) in [6.45, 7) is 6.60. The maximum absolute atomic E-state index is 14.1. The second-order valence-corrected chi connectivity index (χ2v) is 7.12. The first kappa shape index (κ1) is 20.1. The molecule has 2 nitrogen and oxygen atoms in total. The molecule has 1 aromatic heterocycles. The molecular formula is C23H29FN2. The molecule has 0 saturated heterocycles. The van der Waals surface area contributed by atoms with Crippen molar-refractivity contribution in [2.45, 2.75) is 71.1 Å². The SMILES string of the molecule is CCCC(CCC)c1cccc(C(C)CCc2ccc(C#N)cc2F)n1. The van der Waals surface area contributed by atoms with E-state index in [0.29, 0.717) is 23.5 Å². The molecule has 0 aliphatic rings. The highest BCUT2D eigenvalue weighted by molar-refractivity contribution is 5.33. The maximum Gasteiger partial charge on any atom is 0.127 e. The average molecular weight is 352 g/mol. The molecule has 0 radical (unpaired) electrons. The van der Waals surface area contributed by atoms with Gasteiger partial charge in [-0.15, -0.1) is 0 Å². The molecule has 0 fully saturated rings. The van der Waals surface area contributed by atoms with Crippen LogP contribution in [0.1, 0.15) is 87.2 Å². The summed E-state index contributed by atoms with van der Waals surface area (Å²) < 4.78 is 14.1. The lowest BCUT2D eigenvalue weighted by molar-refractivity contribution is 0.541. The second kappa shape index (κ2) is 10.1. The van der Waals surface area contributed by atoms with Crippen LogP contribution in [-0.2, 0) is 6.42 Å². The summed E-state index contributed by atoms with van der Waals surface area (Å²) in [4.78, 5) is 4.94. The summed E-state index contributed by atoms with van der Waals surface area (Å²) >= 11 is 0. The van der Waals surface area contributed by atoms with Gasteiger partial charge >= 0.3 is 0 Å². The summed E-state index contributed by atoms with van der Waals surface area (Å²) in [5.74, 6) is 0.519. The highest BCUT2D eigenvalue weighted by atomic mass is 19.1. The molecule has 1 atom stereocenters. The predicted molar refractivity (Wildman–Crippen MR) is 105 cm³/mol. The molecule has 138 valence electrons. The van der Waals surface area contributed by atoms with E-state index in [1.165, 1.54) is 37.4 Å². The molecule has 0 spiro atoms. The standard InChI is InChI=1S/C23H29FN2/c1-4-7-20(8-5-2)23-10-6-9-22(26-23)17(3)11-13-19-14-12-18(16-25)15-21(19)24/h6,9-10,12,14-15,17,20H,4-5,7-8,11,13H2,1-3H3. The van der Waals surface area contributed by atoms with Crippen LogP contribution in [0.4, 0.5) is 4.39 Å². The second-order valence-electron chi connectivity index (χ2n) is 7.12. The minimum Gasteiger partial charge on any atom is -0.257 e. The predicted octanol–water partition coefficient (Wildman–Crippen LogP) is 6.51. The summed E-state index contributed by atoms with van der Waals surface area (Å²) in [5.41, 5.74) is 3.32. The number of hydrogen-bond donors (Lipinski definition) is 0. The van der Waals surface area contributed by atoms with Crippen LogP contribution in [0.5, 0.6) is 0 Å². The molecule has 0 saturated carbocycles. The number of hydrogen-bond acceptors (Lipinski definition) is 2. The van der Waals surface area contributed by atoms with Crippen LogP contribution in [0.15, 0.2) is 36.4 Å². The molecule has 0 aliphatic heterocycles. The van der Waals surface area contributed by atoms with Crippen LogP contribution in [0.3, 0.4) is 0 Å². The Morgan fingerprint density at radius 2 is 1.73 bits per heavy atom. The number of halogens is 1. The third kappa shape index (κ3) is 5.39. The Kier molecular flexibility index (Phi) is 7.78. The topological polar surface area (TPSA) is 36.7 Å². The first-order valence-electron chi connectivity index (χ1n) is 9.74.